The van der Waals surface area contributed by atoms with Gasteiger partial charge in [0, 0.05) is 21.4 Å². The van der Waals surface area contributed by atoms with Crippen LogP contribution in [-0.4, -0.2) is 16.1 Å². The molecule has 1 N–H and O–H groups in total. The first-order valence-electron chi connectivity index (χ1n) is 9.43. The normalized spacial score (nSPS) is 21.9. The van der Waals surface area contributed by atoms with Gasteiger partial charge in [0.15, 0.2) is 0 Å². The summed E-state index contributed by atoms with van der Waals surface area (Å²) < 4.78 is 0. The molecule has 2 aromatic rings. The Balaban J connectivity index is 1.84. The molecule has 0 unspecified atom stereocenters. The number of pyridine rings is 1. The molecule has 0 atom stereocenters. The van der Waals surface area contributed by atoms with Crippen LogP contribution in [0.1, 0.15) is 90.3 Å². The summed E-state index contributed by atoms with van der Waals surface area (Å²) in [4.78, 5) is 18.7. The number of carboxylic acid groups (broad SMARTS) is 1. The van der Waals surface area contributed by atoms with E-state index >= 15 is 0 Å². The Morgan fingerprint density at radius 3 is 2.19 bits per heavy atom. The number of carbonyl (C=O) groups is 1. The summed E-state index contributed by atoms with van der Waals surface area (Å²) in [6.45, 7) is 11.8. The molecule has 0 bridgehead atoms. The van der Waals surface area contributed by atoms with E-state index in [0.717, 1.165) is 18.5 Å². The van der Waals surface area contributed by atoms with Crippen LogP contribution in [0.4, 0.5) is 0 Å². The van der Waals surface area contributed by atoms with Gasteiger partial charge in [0.2, 0.25) is 0 Å². The van der Waals surface area contributed by atoms with E-state index in [4.69, 9.17) is 5.11 Å². The largest absolute Gasteiger partial charge is 0.478 e. The van der Waals surface area contributed by atoms with Crippen LogP contribution in [0.5, 0.6) is 0 Å². The number of fused-ring (bicyclic) bond motifs is 1. The minimum absolute atomic E-state index is 0.00468. The van der Waals surface area contributed by atoms with Crippen LogP contribution in [0.25, 0.3) is 0 Å². The molecular formula is C22H27NO2S. The van der Waals surface area contributed by atoms with Crippen LogP contribution in [0.3, 0.4) is 0 Å². The van der Waals surface area contributed by atoms with Crippen molar-refractivity contribution in [3.05, 3.63) is 50.5 Å². The number of rotatable bonds is 3. The van der Waals surface area contributed by atoms with Gasteiger partial charge in [-0.25, -0.2) is 4.79 Å². The van der Waals surface area contributed by atoms with Gasteiger partial charge >= 0.3 is 5.97 Å². The molecule has 138 valence electrons. The predicted octanol–water partition coefficient (Wildman–Crippen LogP) is 5.58. The van der Waals surface area contributed by atoms with Crippen molar-refractivity contribution in [1.82, 2.24) is 4.98 Å². The van der Waals surface area contributed by atoms with Gasteiger partial charge in [-0.05, 0) is 66.7 Å². The molecule has 26 heavy (non-hydrogen) atoms. The Hall–Kier alpha value is -1.68. The van der Waals surface area contributed by atoms with E-state index < -0.39 is 5.97 Å². The molecule has 2 aliphatic carbocycles. The highest BCUT2D eigenvalue weighted by Gasteiger charge is 2.52. The molecule has 2 aromatic heterocycles. The van der Waals surface area contributed by atoms with Crippen molar-refractivity contribution in [2.45, 2.75) is 76.5 Å². The molecule has 2 aliphatic rings. The highest BCUT2D eigenvalue weighted by Crippen LogP contribution is 2.60. The third-order valence-electron chi connectivity index (χ3n) is 6.50. The summed E-state index contributed by atoms with van der Waals surface area (Å²) in [5.74, 6) is -0.917. The molecule has 1 saturated carbocycles. The van der Waals surface area contributed by atoms with E-state index in [9.17, 15) is 4.79 Å². The van der Waals surface area contributed by atoms with Gasteiger partial charge in [0.05, 0.1) is 11.3 Å². The Morgan fingerprint density at radius 2 is 1.69 bits per heavy atom. The van der Waals surface area contributed by atoms with Crippen molar-refractivity contribution in [2.75, 3.05) is 0 Å². The van der Waals surface area contributed by atoms with Gasteiger partial charge in [-0.3, -0.25) is 4.98 Å². The molecule has 0 aromatic carbocycles. The maximum Gasteiger partial charge on any atom is 0.337 e. The molecule has 0 aliphatic heterocycles. The lowest BCUT2D eigenvalue weighted by Crippen LogP contribution is -2.32. The Labute approximate surface area is 159 Å². The van der Waals surface area contributed by atoms with Crippen molar-refractivity contribution >= 4 is 17.3 Å². The molecule has 0 saturated heterocycles. The third kappa shape index (κ3) is 2.45. The summed E-state index contributed by atoms with van der Waals surface area (Å²) in [5, 5.41) is 9.14. The minimum atomic E-state index is -0.917. The zero-order valence-electron chi connectivity index (χ0n) is 16.3. The van der Waals surface area contributed by atoms with E-state index in [2.05, 4.69) is 39.6 Å². The molecule has 0 radical (unpaired) electrons. The molecule has 0 spiro atoms. The fourth-order valence-electron chi connectivity index (χ4n) is 4.65. The van der Waals surface area contributed by atoms with Crippen LogP contribution in [-0.2, 0) is 16.2 Å². The van der Waals surface area contributed by atoms with Crippen LogP contribution in [0.15, 0.2) is 18.3 Å². The summed E-state index contributed by atoms with van der Waals surface area (Å²) in [5.41, 5.74) is 4.74. The van der Waals surface area contributed by atoms with E-state index in [1.165, 1.54) is 29.5 Å². The predicted molar refractivity (Wildman–Crippen MR) is 106 cm³/mol. The third-order valence-corrected chi connectivity index (χ3v) is 8.36. The van der Waals surface area contributed by atoms with Crippen molar-refractivity contribution in [3.8, 4) is 0 Å². The van der Waals surface area contributed by atoms with Crippen molar-refractivity contribution in [3.63, 3.8) is 0 Å². The molecule has 1 fully saturated rings. The second-order valence-electron chi connectivity index (χ2n) is 9.35. The van der Waals surface area contributed by atoms with E-state index in [1.807, 2.05) is 17.4 Å². The van der Waals surface area contributed by atoms with Gasteiger partial charge in [-0.1, -0.05) is 27.7 Å². The molecule has 3 nitrogen and oxygen atoms in total. The lowest BCUT2D eigenvalue weighted by Gasteiger charge is -2.40. The zero-order valence-corrected chi connectivity index (χ0v) is 17.1. The average Bonchev–Trinajstić information content (AvgIpc) is 3.29. The van der Waals surface area contributed by atoms with Gasteiger partial charge in [-0.2, -0.15) is 0 Å². The first-order chi connectivity index (χ1) is 12.1. The number of aromatic nitrogens is 1. The van der Waals surface area contributed by atoms with Crippen molar-refractivity contribution < 1.29 is 9.90 Å². The summed E-state index contributed by atoms with van der Waals surface area (Å²) >= 11 is 1.99. The molecular weight excluding hydrogens is 342 g/mol. The Morgan fingerprint density at radius 1 is 1.04 bits per heavy atom. The van der Waals surface area contributed by atoms with E-state index in [1.54, 1.807) is 16.5 Å². The summed E-state index contributed by atoms with van der Waals surface area (Å²) in [6, 6.07) is 3.62. The highest BCUT2D eigenvalue weighted by molar-refractivity contribution is 7.12. The number of hydrogen-bond donors (Lipinski definition) is 1. The maximum atomic E-state index is 11.1. The topological polar surface area (TPSA) is 50.2 Å². The second-order valence-corrected chi connectivity index (χ2v) is 10.4. The van der Waals surface area contributed by atoms with Gasteiger partial charge in [0.1, 0.15) is 0 Å². The van der Waals surface area contributed by atoms with E-state index in [0.29, 0.717) is 0 Å². The van der Waals surface area contributed by atoms with Crippen molar-refractivity contribution in [1.29, 1.82) is 0 Å². The highest BCUT2D eigenvalue weighted by atomic mass is 32.1. The smallest absolute Gasteiger partial charge is 0.337 e. The lowest BCUT2D eigenvalue weighted by molar-refractivity contribution is 0.0696. The average molecular weight is 370 g/mol. The number of thiophene rings is 1. The number of nitrogens with zero attached hydrogens (tertiary/aromatic N) is 1. The quantitative estimate of drug-likeness (QED) is 0.768. The summed E-state index contributed by atoms with van der Waals surface area (Å²) in [6.07, 6.45) is 6.17. The molecule has 0 amide bonds. The zero-order chi connectivity index (χ0) is 18.9. The van der Waals surface area contributed by atoms with Gasteiger partial charge in [0.25, 0.3) is 0 Å². The molecule has 4 rings (SSSR count). The Bertz CT molecular complexity index is 886. The molecule has 4 heteroatoms. The first kappa shape index (κ1) is 17.7. The summed E-state index contributed by atoms with van der Waals surface area (Å²) in [7, 11) is 0. The fourth-order valence-corrected chi connectivity index (χ4v) is 6.53. The lowest BCUT2D eigenvalue weighted by atomic mass is 9.65. The monoisotopic (exact) mass is 369 g/mol. The second kappa shape index (κ2) is 5.41. The minimum Gasteiger partial charge on any atom is -0.478 e. The van der Waals surface area contributed by atoms with Crippen LogP contribution >= 0.6 is 11.3 Å². The number of hydrogen-bond acceptors (Lipinski definition) is 3. The SMILES string of the molecule is Cc1c(C2(c3ccc(C(=O)O)cn3)CC2)sc2c1C(C)(C)CCC2(C)C. The maximum absolute atomic E-state index is 11.1. The van der Waals surface area contributed by atoms with Crippen LogP contribution in [0, 0.1) is 6.92 Å². The van der Waals surface area contributed by atoms with Gasteiger partial charge < -0.3 is 5.11 Å². The van der Waals surface area contributed by atoms with Crippen LogP contribution in [0.2, 0.25) is 0 Å². The fraction of sp³-hybridized carbons (Fsp3) is 0.545. The number of carboxylic acids is 1. The molecule has 2 heterocycles. The van der Waals surface area contributed by atoms with E-state index in [-0.39, 0.29) is 21.8 Å². The van der Waals surface area contributed by atoms with Gasteiger partial charge in [-0.15, -0.1) is 11.3 Å². The first-order valence-corrected chi connectivity index (χ1v) is 10.2. The van der Waals surface area contributed by atoms with Crippen molar-refractivity contribution in [2.24, 2.45) is 0 Å². The van der Waals surface area contributed by atoms with Crippen LogP contribution < -0.4 is 0 Å². The number of aromatic carboxylic acids is 1. The standard InChI is InChI=1S/C22H27NO2S/c1-13-16-18(21(4,5)9-8-20(16,2)3)26-17(13)22(10-11-22)15-7-6-14(12-23-15)19(24)25/h6-7,12H,8-11H2,1-5H3,(H,24,25). The Kier molecular flexibility index (Phi) is 3.69.